The molecular formula is C18H23ClN2O2. The summed E-state index contributed by atoms with van der Waals surface area (Å²) in [5.41, 5.74) is 3.37. The van der Waals surface area contributed by atoms with Crippen LogP contribution >= 0.6 is 12.4 Å². The summed E-state index contributed by atoms with van der Waals surface area (Å²) in [6.45, 7) is 2.45. The predicted molar refractivity (Wildman–Crippen MR) is 96.0 cm³/mol. The van der Waals surface area contributed by atoms with Crippen molar-refractivity contribution in [2.75, 3.05) is 11.9 Å². The van der Waals surface area contributed by atoms with Crippen molar-refractivity contribution < 1.29 is 10.2 Å². The van der Waals surface area contributed by atoms with Gasteiger partial charge in [0.25, 0.3) is 0 Å². The average Bonchev–Trinajstić information content (AvgIpc) is 2.81. The minimum absolute atomic E-state index is 0. The molecule has 0 unspecified atom stereocenters. The van der Waals surface area contributed by atoms with Crippen molar-refractivity contribution in [2.45, 2.75) is 31.2 Å². The summed E-state index contributed by atoms with van der Waals surface area (Å²) in [4.78, 5) is 0. The molecule has 0 radical (unpaired) electrons. The lowest BCUT2D eigenvalue weighted by Crippen LogP contribution is -2.39. The normalized spacial score (nSPS) is 26.6. The standard InChI is InChI=1S/C18H22N2O2.ClH/c1-12-17(21)18(22)16(20-12)11-19-15-9-7-14(8-10-15)13-5-3-2-4-6-13;/h2-10,12,16-22H,11H2,1H3;1H/t12-,16-,17+,18-;/m0./s1. The van der Waals surface area contributed by atoms with E-state index in [9.17, 15) is 10.2 Å². The Hall–Kier alpha value is -1.59. The van der Waals surface area contributed by atoms with Gasteiger partial charge in [-0.25, -0.2) is 0 Å². The second kappa shape index (κ2) is 7.79. The minimum Gasteiger partial charge on any atom is -0.389 e. The largest absolute Gasteiger partial charge is 0.389 e. The second-order valence-corrected chi connectivity index (χ2v) is 5.87. The fourth-order valence-corrected chi connectivity index (χ4v) is 2.89. The Bertz CT molecular complexity index is 606. The van der Waals surface area contributed by atoms with Crippen molar-refractivity contribution in [3.05, 3.63) is 54.6 Å². The molecule has 0 saturated carbocycles. The average molecular weight is 335 g/mol. The first-order valence-corrected chi connectivity index (χ1v) is 7.66. The van der Waals surface area contributed by atoms with Gasteiger partial charge in [-0.05, 0) is 30.2 Å². The van der Waals surface area contributed by atoms with Crippen molar-refractivity contribution in [1.29, 1.82) is 0 Å². The highest BCUT2D eigenvalue weighted by Crippen LogP contribution is 2.21. The molecule has 5 heteroatoms. The van der Waals surface area contributed by atoms with Gasteiger partial charge in [0, 0.05) is 18.3 Å². The highest BCUT2D eigenvalue weighted by molar-refractivity contribution is 5.85. The second-order valence-electron chi connectivity index (χ2n) is 5.87. The molecule has 4 atom stereocenters. The van der Waals surface area contributed by atoms with Crippen molar-refractivity contribution in [3.8, 4) is 11.1 Å². The summed E-state index contributed by atoms with van der Waals surface area (Å²) in [5.74, 6) is 0. The van der Waals surface area contributed by atoms with Gasteiger partial charge in [-0.1, -0.05) is 42.5 Å². The molecule has 4 nitrogen and oxygen atoms in total. The summed E-state index contributed by atoms with van der Waals surface area (Å²) in [6.07, 6.45) is -1.43. The lowest BCUT2D eigenvalue weighted by atomic mass is 10.1. The number of benzene rings is 2. The Morgan fingerprint density at radius 2 is 1.52 bits per heavy atom. The van der Waals surface area contributed by atoms with Crippen LogP contribution in [0.3, 0.4) is 0 Å². The first-order valence-electron chi connectivity index (χ1n) is 7.66. The van der Waals surface area contributed by atoms with E-state index in [1.54, 1.807) is 0 Å². The zero-order chi connectivity index (χ0) is 15.5. The molecule has 2 aromatic carbocycles. The molecule has 1 heterocycles. The van der Waals surface area contributed by atoms with E-state index in [1.807, 2.05) is 37.3 Å². The first-order chi connectivity index (χ1) is 10.6. The van der Waals surface area contributed by atoms with Gasteiger partial charge in [0.15, 0.2) is 0 Å². The molecule has 3 rings (SSSR count). The monoisotopic (exact) mass is 334 g/mol. The molecule has 1 fully saturated rings. The lowest BCUT2D eigenvalue weighted by molar-refractivity contribution is 0.0320. The van der Waals surface area contributed by atoms with E-state index in [-0.39, 0.29) is 24.5 Å². The molecule has 0 spiro atoms. The van der Waals surface area contributed by atoms with Gasteiger partial charge in [0.2, 0.25) is 0 Å². The maximum atomic E-state index is 9.95. The van der Waals surface area contributed by atoms with Crippen LogP contribution in [0.1, 0.15) is 6.92 Å². The quantitative estimate of drug-likeness (QED) is 0.692. The van der Waals surface area contributed by atoms with E-state index in [2.05, 4.69) is 34.9 Å². The van der Waals surface area contributed by atoms with Crippen LogP contribution in [-0.4, -0.2) is 41.0 Å². The number of hydrogen-bond donors (Lipinski definition) is 4. The van der Waals surface area contributed by atoms with Crippen molar-refractivity contribution in [1.82, 2.24) is 5.32 Å². The molecule has 1 aliphatic heterocycles. The molecule has 1 saturated heterocycles. The van der Waals surface area contributed by atoms with Gasteiger partial charge in [-0.15, -0.1) is 12.4 Å². The summed E-state index contributed by atoms with van der Waals surface area (Å²) in [6, 6.07) is 18.2. The molecule has 1 aliphatic rings. The van der Waals surface area contributed by atoms with E-state index < -0.39 is 12.2 Å². The Labute approximate surface area is 143 Å². The third-order valence-electron chi connectivity index (χ3n) is 4.27. The minimum atomic E-state index is -0.730. The zero-order valence-electron chi connectivity index (χ0n) is 13.0. The third kappa shape index (κ3) is 4.03. The van der Waals surface area contributed by atoms with Crippen LogP contribution < -0.4 is 10.6 Å². The maximum Gasteiger partial charge on any atom is 0.0984 e. The van der Waals surface area contributed by atoms with Crippen LogP contribution in [-0.2, 0) is 0 Å². The molecule has 0 amide bonds. The van der Waals surface area contributed by atoms with Crippen LogP contribution in [0.15, 0.2) is 54.6 Å². The molecule has 4 N–H and O–H groups in total. The molecular weight excluding hydrogens is 312 g/mol. The van der Waals surface area contributed by atoms with E-state index in [0.29, 0.717) is 6.54 Å². The number of aliphatic hydroxyl groups is 2. The number of anilines is 1. The Morgan fingerprint density at radius 3 is 2.09 bits per heavy atom. The number of nitrogens with one attached hydrogen (secondary N) is 2. The van der Waals surface area contributed by atoms with Gasteiger partial charge in [-0.2, -0.15) is 0 Å². The number of rotatable bonds is 4. The number of aliphatic hydroxyl groups excluding tert-OH is 2. The fraction of sp³-hybridized carbons (Fsp3) is 0.333. The Morgan fingerprint density at radius 1 is 0.913 bits per heavy atom. The van der Waals surface area contributed by atoms with Gasteiger partial charge in [0.1, 0.15) is 0 Å². The lowest BCUT2D eigenvalue weighted by Gasteiger charge is -2.17. The van der Waals surface area contributed by atoms with Crippen LogP contribution in [0.25, 0.3) is 11.1 Å². The molecule has 124 valence electrons. The molecule has 0 aliphatic carbocycles. The summed E-state index contributed by atoms with van der Waals surface area (Å²) in [5, 5.41) is 26.2. The van der Waals surface area contributed by atoms with Crippen LogP contribution in [0.4, 0.5) is 5.69 Å². The van der Waals surface area contributed by atoms with E-state index in [0.717, 1.165) is 5.69 Å². The SMILES string of the molecule is C[C@@H]1N[C@@H](CNc2ccc(-c3ccccc3)cc2)[C@H](O)[C@@H]1O.Cl. The van der Waals surface area contributed by atoms with Crippen LogP contribution in [0.5, 0.6) is 0 Å². The van der Waals surface area contributed by atoms with E-state index >= 15 is 0 Å². The van der Waals surface area contributed by atoms with E-state index in [4.69, 9.17) is 0 Å². The number of halogens is 1. The Kier molecular flexibility index (Phi) is 6.02. The zero-order valence-corrected chi connectivity index (χ0v) is 13.8. The van der Waals surface area contributed by atoms with Gasteiger partial charge >= 0.3 is 0 Å². The summed E-state index contributed by atoms with van der Waals surface area (Å²) >= 11 is 0. The van der Waals surface area contributed by atoms with E-state index in [1.165, 1.54) is 11.1 Å². The van der Waals surface area contributed by atoms with Crippen LogP contribution in [0, 0.1) is 0 Å². The summed E-state index contributed by atoms with van der Waals surface area (Å²) in [7, 11) is 0. The first kappa shape index (κ1) is 17.8. The van der Waals surface area contributed by atoms with Gasteiger partial charge in [0.05, 0.1) is 18.2 Å². The van der Waals surface area contributed by atoms with Gasteiger partial charge in [-0.3, -0.25) is 0 Å². The topological polar surface area (TPSA) is 64.5 Å². The van der Waals surface area contributed by atoms with Gasteiger partial charge < -0.3 is 20.8 Å². The highest BCUT2D eigenvalue weighted by atomic mass is 35.5. The third-order valence-corrected chi connectivity index (χ3v) is 4.27. The molecule has 23 heavy (non-hydrogen) atoms. The van der Waals surface area contributed by atoms with Crippen molar-refractivity contribution in [2.24, 2.45) is 0 Å². The number of hydrogen-bond acceptors (Lipinski definition) is 4. The fourth-order valence-electron chi connectivity index (χ4n) is 2.89. The smallest absolute Gasteiger partial charge is 0.0984 e. The Balaban J connectivity index is 0.00000192. The highest BCUT2D eigenvalue weighted by Gasteiger charge is 2.37. The summed E-state index contributed by atoms with van der Waals surface area (Å²) < 4.78 is 0. The maximum absolute atomic E-state index is 9.95. The predicted octanol–water partition coefficient (Wildman–Crippen LogP) is 2.27. The van der Waals surface area contributed by atoms with Crippen molar-refractivity contribution in [3.63, 3.8) is 0 Å². The molecule has 0 bridgehead atoms. The van der Waals surface area contributed by atoms with Crippen molar-refractivity contribution >= 4 is 18.1 Å². The molecule has 2 aromatic rings. The van der Waals surface area contributed by atoms with Crippen LogP contribution in [0.2, 0.25) is 0 Å². The molecule has 0 aromatic heterocycles.